The largest absolute Gasteiger partial charge is 0.480 e. The molecular formula is C16H25N3O4. The van der Waals surface area contributed by atoms with Crippen molar-refractivity contribution in [1.82, 2.24) is 15.4 Å². The van der Waals surface area contributed by atoms with Crippen LogP contribution in [0.4, 0.5) is 0 Å². The first-order valence-electron chi connectivity index (χ1n) is 8.17. The van der Waals surface area contributed by atoms with Crippen LogP contribution in [-0.2, 0) is 4.79 Å². The summed E-state index contributed by atoms with van der Waals surface area (Å²) in [6, 6.07) is 1.97. The number of likely N-dealkylation sites (N-methyl/N-ethyl adjacent to an activating group) is 1. The monoisotopic (exact) mass is 323 g/mol. The summed E-state index contributed by atoms with van der Waals surface area (Å²) in [5.41, 5.74) is 0.794. The molecule has 1 aliphatic rings. The summed E-state index contributed by atoms with van der Waals surface area (Å²) in [5, 5.41) is 15.7. The Morgan fingerprint density at radius 2 is 2.17 bits per heavy atom. The van der Waals surface area contributed by atoms with E-state index in [4.69, 9.17) is 9.63 Å². The molecule has 2 rings (SSSR count). The van der Waals surface area contributed by atoms with Crippen LogP contribution < -0.4 is 5.32 Å². The van der Waals surface area contributed by atoms with E-state index in [1.807, 2.05) is 18.7 Å². The highest BCUT2D eigenvalue weighted by Crippen LogP contribution is 2.26. The molecule has 0 radical (unpaired) electrons. The van der Waals surface area contributed by atoms with Crippen molar-refractivity contribution in [1.29, 1.82) is 0 Å². The Bertz CT molecular complexity index is 551. The standard InChI is InChI=1S/C16H25N3O4/c1-4-10(3)13-8-14(23-18-13)16(22)17-11-6-12(7-11)19(5-2)9-15(20)21/h8,10-12H,4-7,9H2,1-3H3,(H,17,22)(H,20,21). The van der Waals surface area contributed by atoms with E-state index in [-0.39, 0.29) is 36.2 Å². The minimum absolute atomic E-state index is 0.0439. The van der Waals surface area contributed by atoms with Gasteiger partial charge in [0.2, 0.25) is 5.76 Å². The Hall–Kier alpha value is -1.89. The number of hydrogen-bond donors (Lipinski definition) is 2. The van der Waals surface area contributed by atoms with Gasteiger partial charge < -0.3 is 14.9 Å². The molecule has 1 unspecified atom stereocenters. The molecule has 2 N–H and O–H groups in total. The summed E-state index contributed by atoms with van der Waals surface area (Å²) in [4.78, 5) is 24.9. The summed E-state index contributed by atoms with van der Waals surface area (Å²) < 4.78 is 5.12. The Morgan fingerprint density at radius 1 is 1.48 bits per heavy atom. The van der Waals surface area contributed by atoms with Crippen molar-refractivity contribution in [2.45, 2.75) is 58.0 Å². The number of rotatable bonds is 8. The summed E-state index contributed by atoms with van der Waals surface area (Å²) in [6.07, 6.45) is 2.47. The van der Waals surface area contributed by atoms with E-state index < -0.39 is 5.97 Å². The molecule has 1 aromatic heterocycles. The molecule has 1 atom stereocenters. The lowest BCUT2D eigenvalue weighted by Gasteiger charge is -2.42. The Morgan fingerprint density at radius 3 is 2.74 bits per heavy atom. The Kier molecular flexibility index (Phi) is 5.76. The third-order valence-corrected chi connectivity index (χ3v) is 4.58. The van der Waals surface area contributed by atoms with Crippen LogP contribution in [0.5, 0.6) is 0 Å². The van der Waals surface area contributed by atoms with Gasteiger partial charge in [-0.05, 0) is 25.8 Å². The maximum absolute atomic E-state index is 12.1. The fraction of sp³-hybridized carbons (Fsp3) is 0.688. The smallest absolute Gasteiger partial charge is 0.317 e. The van der Waals surface area contributed by atoms with E-state index >= 15 is 0 Å². The first kappa shape index (κ1) is 17.5. The average Bonchev–Trinajstić information content (AvgIpc) is 2.97. The number of nitrogens with zero attached hydrogens (tertiary/aromatic N) is 2. The van der Waals surface area contributed by atoms with Crippen molar-refractivity contribution >= 4 is 11.9 Å². The minimum atomic E-state index is -0.821. The molecule has 1 saturated carbocycles. The maximum atomic E-state index is 12.1. The maximum Gasteiger partial charge on any atom is 0.317 e. The van der Waals surface area contributed by atoms with E-state index in [1.54, 1.807) is 6.07 Å². The van der Waals surface area contributed by atoms with Crippen molar-refractivity contribution in [3.63, 3.8) is 0 Å². The van der Waals surface area contributed by atoms with Crippen molar-refractivity contribution < 1.29 is 19.2 Å². The normalized spacial score (nSPS) is 21.7. The fourth-order valence-corrected chi connectivity index (χ4v) is 2.77. The number of aromatic nitrogens is 1. The minimum Gasteiger partial charge on any atom is -0.480 e. The molecule has 1 heterocycles. The second-order valence-corrected chi connectivity index (χ2v) is 6.18. The topological polar surface area (TPSA) is 95.7 Å². The molecule has 0 bridgehead atoms. The van der Waals surface area contributed by atoms with Gasteiger partial charge in [-0.1, -0.05) is 25.9 Å². The quantitative estimate of drug-likeness (QED) is 0.758. The van der Waals surface area contributed by atoms with Crippen molar-refractivity contribution in [3.8, 4) is 0 Å². The molecule has 0 aromatic carbocycles. The first-order chi connectivity index (χ1) is 10.9. The zero-order valence-corrected chi connectivity index (χ0v) is 13.9. The van der Waals surface area contributed by atoms with Crippen molar-refractivity contribution in [3.05, 3.63) is 17.5 Å². The van der Waals surface area contributed by atoms with E-state index in [9.17, 15) is 9.59 Å². The predicted octanol–water partition coefficient (Wildman–Crippen LogP) is 1.86. The van der Waals surface area contributed by atoms with Gasteiger partial charge in [-0.15, -0.1) is 0 Å². The van der Waals surface area contributed by atoms with Gasteiger partial charge in [-0.2, -0.15) is 0 Å². The van der Waals surface area contributed by atoms with Crippen molar-refractivity contribution in [2.75, 3.05) is 13.1 Å². The zero-order valence-electron chi connectivity index (χ0n) is 13.9. The molecule has 1 aromatic rings. The lowest BCUT2D eigenvalue weighted by Crippen LogP contribution is -2.54. The van der Waals surface area contributed by atoms with Gasteiger partial charge in [-0.3, -0.25) is 14.5 Å². The van der Waals surface area contributed by atoms with Crippen LogP contribution in [0.2, 0.25) is 0 Å². The number of nitrogens with one attached hydrogen (secondary N) is 1. The molecule has 0 saturated heterocycles. The second-order valence-electron chi connectivity index (χ2n) is 6.18. The van der Waals surface area contributed by atoms with Gasteiger partial charge in [0, 0.05) is 24.1 Å². The molecule has 1 fully saturated rings. The van der Waals surface area contributed by atoms with Crippen LogP contribution in [0.1, 0.15) is 62.2 Å². The van der Waals surface area contributed by atoms with Crippen molar-refractivity contribution in [2.24, 2.45) is 0 Å². The first-order valence-corrected chi connectivity index (χ1v) is 8.17. The highest BCUT2D eigenvalue weighted by Gasteiger charge is 2.35. The number of carbonyl (C=O) groups excluding carboxylic acids is 1. The van der Waals surface area contributed by atoms with Gasteiger partial charge in [0.1, 0.15) is 0 Å². The summed E-state index contributed by atoms with van der Waals surface area (Å²) in [5.74, 6) is -0.570. The molecule has 0 spiro atoms. The van der Waals surface area contributed by atoms with Gasteiger partial charge >= 0.3 is 5.97 Å². The number of aliphatic carboxylic acids is 1. The van der Waals surface area contributed by atoms with Gasteiger partial charge in [0.25, 0.3) is 5.91 Å². The fourth-order valence-electron chi connectivity index (χ4n) is 2.77. The third-order valence-electron chi connectivity index (χ3n) is 4.58. The van der Waals surface area contributed by atoms with E-state index in [0.717, 1.165) is 25.0 Å². The number of carboxylic acid groups (broad SMARTS) is 1. The molecule has 128 valence electrons. The highest BCUT2D eigenvalue weighted by molar-refractivity contribution is 5.91. The van der Waals surface area contributed by atoms with Crippen LogP contribution >= 0.6 is 0 Å². The second kappa shape index (κ2) is 7.59. The highest BCUT2D eigenvalue weighted by atomic mass is 16.5. The summed E-state index contributed by atoms with van der Waals surface area (Å²) in [7, 11) is 0. The van der Waals surface area contributed by atoms with E-state index in [1.165, 1.54) is 0 Å². The van der Waals surface area contributed by atoms with Crippen LogP contribution in [0.15, 0.2) is 10.6 Å². The van der Waals surface area contributed by atoms with Crippen LogP contribution in [0.25, 0.3) is 0 Å². The Balaban J connectivity index is 1.82. The Labute approximate surface area is 136 Å². The third kappa shape index (κ3) is 4.31. The molecule has 7 nitrogen and oxygen atoms in total. The number of carbonyl (C=O) groups is 2. The van der Waals surface area contributed by atoms with Crippen LogP contribution in [-0.4, -0.2) is 52.2 Å². The number of amides is 1. The molecule has 7 heteroatoms. The van der Waals surface area contributed by atoms with E-state index in [2.05, 4.69) is 17.4 Å². The molecule has 23 heavy (non-hydrogen) atoms. The van der Waals surface area contributed by atoms with Crippen LogP contribution in [0, 0.1) is 0 Å². The molecular weight excluding hydrogens is 298 g/mol. The summed E-state index contributed by atoms with van der Waals surface area (Å²) in [6.45, 7) is 6.78. The van der Waals surface area contributed by atoms with Crippen LogP contribution in [0.3, 0.4) is 0 Å². The predicted molar refractivity (Wildman–Crippen MR) is 84.4 cm³/mol. The lowest BCUT2D eigenvalue weighted by molar-refractivity contribution is -0.139. The number of hydrogen-bond acceptors (Lipinski definition) is 5. The molecule has 0 aliphatic heterocycles. The molecule has 1 amide bonds. The number of carboxylic acids is 1. The summed E-state index contributed by atoms with van der Waals surface area (Å²) >= 11 is 0. The molecule has 1 aliphatic carbocycles. The van der Waals surface area contributed by atoms with E-state index in [0.29, 0.717) is 6.54 Å². The van der Waals surface area contributed by atoms with Gasteiger partial charge in [0.05, 0.1) is 12.2 Å². The SMILES string of the molecule is CCC(C)c1cc(C(=O)NC2CC(N(CC)CC(=O)O)C2)on1. The zero-order chi connectivity index (χ0) is 17.0. The average molecular weight is 323 g/mol. The lowest BCUT2D eigenvalue weighted by atomic mass is 9.85. The van der Waals surface area contributed by atoms with Gasteiger partial charge in [-0.25, -0.2) is 0 Å². The van der Waals surface area contributed by atoms with Gasteiger partial charge in [0.15, 0.2) is 0 Å².